The highest BCUT2D eigenvalue weighted by molar-refractivity contribution is 6.27. The molecule has 1 saturated heterocycles. The van der Waals surface area contributed by atoms with Crippen molar-refractivity contribution in [1.29, 1.82) is 0 Å². The van der Waals surface area contributed by atoms with Crippen molar-refractivity contribution in [2.45, 2.75) is 12.6 Å². The molecule has 1 aliphatic carbocycles. The van der Waals surface area contributed by atoms with Crippen molar-refractivity contribution in [3.05, 3.63) is 35.9 Å². The maximum atomic E-state index is 11.2. The van der Waals surface area contributed by atoms with Gasteiger partial charge in [0, 0.05) is 25.7 Å². The molecule has 3 rings (SSSR count). The summed E-state index contributed by atoms with van der Waals surface area (Å²) >= 11 is 5.49. The molecule has 1 aromatic rings. The normalized spacial score (nSPS) is 29.9. The Kier molecular flexibility index (Phi) is 3.27. The average molecular weight is 265 g/mol. The van der Waals surface area contributed by atoms with Crippen LogP contribution in [0.4, 0.5) is 0 Å². The molecule has 96 valence electrons. The van der Waals surface area contributed by atoms with E-state index in [1.165, 1.54) is 5.56 Å². The number of amides is 1. The van der Waals surface area contributed by atoms with Gasteiger partial charge in [-0.1, -0.05) is 30.3 Å². The average Bonchev–Trinajstić information content (AvgIpc) is 2.85. The summed E-state index contributed by atoms with van der Waals surface area (Å²) in [7, 11) is 0. The van der Waals surface area contributed by atoms with Gasteiger partial charge in [0.15, 0.2) is 0 Å². The third-order valence-corrected chi connectivity index (χ3v) is 4.21. The molecule has 2 atom stereocenters. The van der Waals surface area contributed by atoms with Crippen LogP contribution in [0.3, 0.4) is 0 Å². The highest BCUT2D eigenvalue weighted by atomic mass is 35.5. The van der Waals surface area contributed by atoms with Gasteiger partial charge in [-0.25, -0.2) is 0 Å². The number of nitrogens with zero attached hydrogens (tertiary/aromatic N) is 1. The predicted octanol–water partition coefficient (Wildman–Crippen LogP) is 1.47. The minimum atomic E-state index is -0.0364. The van der Waals surface area contributed by atoms with Gasteiger partial charge < -0.3 is 5.32 Å². The molecule has 1 aliphatic heterocycles. The second-order valence-corrected chi connectivity index (χ2v) is 5.50. The van der Waals surface area contributed by atoms with Gasteiger partial charge >= 0.3 is 0 Å². The van der Waals surface area contributed by atoms with Crippen LogP contribution in [0.25, 0.3) is 0 Å². The van der Waals surface area contributed by atoms with E-state index in [-0.39, 0.29) is 11.8 Å². The van der Waals surface area contributed by atoms with E-state index >= 15 is 0 Å². The van der Waals surface area contributed by atoms with Gasteiger partial charge in [0.25, 0.3) is 0 Å². The van der Waals surface area contributed by atoms with Crippen LogP contribution in [-0.2, 0) is 11.3 Å². The topological polar surface area (TPSA) is 32.3 Å². The second kappa shape index (κ2) is 4.90. The fraction of sp³-hybridized carbons (Fsp3) is 0.500. The van der Waals surface area contributed by atoms with Crippen molar-refractivity contribution >= 4 is 17.5 Å². The maximum absolute atomic E-state index is 11.2. The first-order valence-electron chi connectivity index (χ1n) is 6.39. The molecular weight excluding hydrogens is 248 g/mol. The van der Waals surface area contributed by atoms with E-state index < -0.39 is 0 Å². The van der Waals surface area contributed by atoms with E-state index in [0.717, 1.165) is 19.6 Å². The Morgan fingerprint density at radius 2 is 1.94 bits per heavy atom. The largest absolute Gasteiger partial charge is 0.352 e. The van der Waals surface area contributed by atoms with E-state index in [9.17, 15) is 4.79 Å². The van der Waals surface area contributed by atoms with Crippen LogP contribution in [0, 0.1) is 11.8 Å². The van der Waals surface area contributed by atoms with Gasteiger partial charge in [-0.3, -0.25) is 9.69 Å². The zero-order chi connectivity index (χ0) is 12.5. The summed E-state index contributed by atoms with van der Waals surface area (Å²) in [6, 6.07) is 10.9. The third-order valence-electron chi connectivity index (χ3n) is 3.97. The van der Waals surface area contributed by atoms with E-state index in [1.807, 2.05) is 6.07 Å². The van der Waals surface area contributed by atoms with Gasteiger partial charge in [0.1, 0.15) is 5.88 Å². The number of likely N-dealkylation sites (tertiary alicyclic amines) is 1. The van der Waals surface area contributed by atoms with Crippen molar-refractivity contribution in [1.82, 2.24) is 10.2 Å². The summed E-state index contributed by atoms with van der Waals surface area (Å²) in [6.07, 6.45) is 0. The molecule has 0 aromatic heterocycles. The van der Waals surface area contributed by atoms with Crippen LogP contribution >= 0.6 is 11.6 Å². The number of hydrogen-bond acceptors (Lipinski definition) is 2. The molecule has 1 amide bonds. The Balaban J connectivity index is 1.48. The van der Waals surface area contributed by atoms with Crippen LogP contribution in [0.2, 0.25) is 0 Å². The molecule has 3 nitrogen and oxygen atoms in total. The van der Waals surface area contributed by atoms with Crippen LogP contribution < -0.4 is 5.32 Å². The molecule has 4 heteroatoms. The predicted molar refractivity (Wildman–Crippen MR) is 71.3 cm³/mol. The Bertz CT molecular complexity index is 425. The lowest BCUT2D eigenvalue weighted by Crippen LogP contribution is -2.34. The second-order valence-electron chi connectivity index (χ2n) is 5.23. The van der Waals surface area contributed by atoms with Gasteiger partial charge in [-0.15, -0.1) is 11.6 Å². The molecule has 2 fully saturated rings. The fourth-order valence-electron chi connectivity index (χ4n) is 3.02. The Morgan fingerprint density at radius 1 is 1.28 bits per heavy atom. The smallest absolute Gasteiger partial charge is 0.235 e. The number of rotatable bonds is 4. The molecular formula is C14H17ClN2O. The highest BCUT2D eigenvalue weighted by Crippen LogP contribution is 2.45. The molecule has 2 unspecified atom stereocenters. The van der Waals surface area contributed by atoms with E-state index in [0.29, 0.717) is 17.9 Å². The minimum Gasteiger partial charge on any atom is -0.352 e. The number of hydrogen-bond donors (Lipinski definition) is 1. The quantitative estimate of drug-likeness (QED) is 0.836. The molecule has 1 saturated carbocycles. The molecule has 1 N–H and O–H groups in total. The number of benzene rings is 1. The minimum absolute atomic E-state index is 0.0364. The summed E-state index contributed by atoms with van der Waals surface area (Å²) in [4.78, 5) is 13.7. The molecule has 0 radical (unpaired) electrons. The number of carbonyl (C=O) groups is 1. The van der Waals surface area contributed by atoms with Crippen LogP contribution in [-0.4, -0.2) is 35.8 Å². The number of carbonyl (C=O) groups excluding carboxylic acids is 1. The lowest BCUT2D eigenvalue weighted by Gasteiger charge is -2.19. The summed E-state index contributed by atoms with van der Waals surface area (Å²) < 4.78 is 0. The summed E-state index contributed by atoms with van der Waals surface area (Å²) in [5, 5.41) is 2.99. The van der Waals surface area contributed by atoms with Crippen molar-refractivity contribution in [2.24, 2.45) is 11.8 Å². The van der Waals surface area contributed by atoms with Crippen LogP contribution in [0.15, 0.2) is 30.3 Å². The summed E-state index contributed by atoms with van der Waals surface area (Å²) in [5.74, 6) is 1.32. The van der Waals surface area contributed by atoms with Gasteiger partial charge in [-0.05, 0) is 17.4 Å². The Morgan fingerprint density at radius 3 is 2.56 bits per heavy atom. The zero-order valence-electron chi connectivity index (χ0n) is 10.2. The van der Waals surface area contributed by atoms with Gasteiger partial charge in [-0.2, -0.15) is 0 Å². The summed E-state index contributed by atoms with van der Waals surface area (Å²) in [6.45, 7) is 3.20. The SMILES string of the molecule is O=C(CCl)NC1C2CN(Cc3ccccc3)CC21. The van der Waals surface area contributed by atoms with Crippen LogP contribution in [0.1, 0.15) is 5.56 Å². The molecule has 18 heavy (non-hydrogen) atoms. The molecule has 1 heterocycles. The number of fused-ring (bicyclic) bond motifs is 1. The Hall–Kier alpha value is -1.06. The third kappa shape index (κ3) is 2.38. The maximum Gasteiger partial charge on any atom is 0.235 e. The lowest BCUT2D eigenvalue weighted by molar-refractivity contribution is -0.119. The molecule has 2 aliphatic rings. The van der Waals surface area contributed by atoms with Crippen molar-refractivity contribution < 1.29 is 4.79 Å². The summed E-state index contributed by atoms with van der Waals surface area (Å²) in [5.41, 5.74) is 1.36. The standard InChI is InChI=1S/C14H17ClN2O/c15-6-13(18)16-14-11-8-17(9-12(11)14)7-10-4-2-1-3-5-10/h1-5,11-12,14H,6-9H2,(H,16,18). The number of nitrogens with one attached hydrogen (secondary N) is 1. The Labute approximate surface area is 112 Å². The monoisotopic (exact) mass is 264 g/mol. The lowest BCUT2D eigenvalue weighted by atomic mass is 10.2. The van der Waals surface area contributed by atoms with Crippen LogP contribution in [0.5, 0.6) is 0 Å². The molecule has 0 spiro atoms. The number of alkyl halides is 1. The first-order valence-corrected chi connectivity index (χ1v) is 6.93. The van der Waals surface area contributed by atoms with Gasteiger partial charge in [0.05, 0.1) is 0 Å². The number of halogens is 1. The van der Waals surface area contributed by atoms with Crippen molar-refractivity contribution in [3.8, 4) is 0 Å². The zero-order valence-corrected chi connectivity index (χ0v) is 10.9. The van der Waals surface area contributed by atoms with Crippen molar-refractivity contribution in [2.75, 3.05) is 19.0 Å². The van der Waals surface area contributed by atoms with E-state index in [4.69, 9.17) is 11.6 Å². The van der Waals surface area contributed by atoms with E-state index in [2.05, 4.69) is 34.5 Å². The first-order chi connectivity index (χ1) is 8.78. The van der Waals surface area contributed by atoms with Crippen molar-refractivity contribution in [3.63, 3.8) is 0 Å². The van der Waals surface area contributed by atoms with Gasteiger partial charge in [0.2, 0.25) is 5.91 Å². The molecule has 1 aromatic carbocycles. The highest BCUT2D eigenvalue weighted by Gasteiger charge is 2.56. The first kappa shape index (κ1) is 12.0. The molecule has 0 bridgehead atoms. The van der Waals surface area contributed by atoms with E-state index in [1.54, 1.807) is 0 Å². The fourth-order valence-corrected chi connectivity index (χ4v) is 3.10. The number of piperidine rings is 1.